The summed E-state index contributed by atoms with van der Waals surface area (Å²) in [6.45, 7) is 4.59. The predicted molar refractivity (Wildman–Crippen MR) is 84.3 cm³/mol. The topological polar surface area (TPSA) is 55.6 Å². The molecule has 1 amide bonds. The number of nitrogens with two attached hydrogens (primary N) is 1. The lowest BCUT2D eigenvalue weighted by Crippen LogP contribution is -2.41. The van der Waals surface area contributed by atoms with Crippen molar-refractivity contribution in [2.24, 2.45) is 5.73 Å². The second-order valence-electron chi connectivity index (χ2n) is 4.89. The van der Waals surface area contributed by atoms with Crippen molar-refractivity contribution >= 4 is 18.3 Å². The molecule has 4 nitrogen and oxygen atoms in total. The van der Waals surface area contributed by atoms with Gasteiger partial charge >= 0.3 is 0 Å². The van der Waals surface area contributed by atoms with Gasteiger partial charge in [0.2, 0.25) is 5.91 Å². The highest BCUT2D eigenvalue weighted by Crippen LogP contribution is 2.19. The number of nitrogens with zero attached hydrogens (tertiary/aromatic N) is 1. The van der Waals surface area contributed by atoms with Gasteiger partial charge in [-0.05, 0) is 30.5 Å². The first-order chi connectivity index (χ1) is 8.99. The molecule has 0 aliphatic rings. The Bertz CT molecular complexity index is 438. The number of amides is 1. The molecule has 0 fully saturated rings. The van der Waals surface area contributed by atoms with Crippen LogP contribution in [0.3, 0.4) is 0 Å². The summed E-state index contributed by atoms with van der Waals surface area (Å²) in [4.78, 5) is 13.7. The lowest BCUT2D eigenvalue weighted by atomic mass is 10.1. The third-order valence-corrected chi connectivity index (χ3v) is 3.17. The molecular weight excluding hydrogens is 276 g/mol. The number of likely N-dealkylation sites (N-methyl/N-ethyl adjacent to an activating group) is 1. The van der Waals surface area contributed by atoms with Gasteiger partial charge in [0, 0.05) is 13.6 Å². The number of hydrogen-bond donors (Lipinski definition) is 1. The summed E-state index contributed by atoms with van der Waals surface area (Å²) in [5, 5.41) is 0. The zero-order valence-electron chi connectivity index (χ0n) is 12.7. The lowest BCUT2D eigenvalue weighted by molar-refractivity contribution is -0.131. The highest BCUT2D eigenvalue weighted by molar-refractivity contribution is 5.85. The third kappa shape index (κ3) is 5.02. The number of rotatable bonds is 6. The van der Waals surface area contributed by atoms with Crippen LogP contribution in [-0.2, 0) is 11.3 Å². The van der Waals surface area contributed by atoms with E-state index in [0.717, 1.165) is 29.7 Å². The van der Waals surface area contributed by atoms with E-state index in [2.05, 4.69) is 0 Å². The first kappa shape index (κ1) is 18.7. The van der Waals surface area contributed by atoms with Gasteiger partial charge in [0.1, 0.15) is 5.75 Å². The molecule has 1 aromatic rings. The summed E-state index contributed by atoms with van der Waals surface area (Å²) in [6, 6.07) is 5.54. The number of aryl methyl sites for hydroxylation is 1. The van der Waals surface area contributed by atoms with Gasteiger partial charge in [-0.1, -0.05) is 25.5 Å². The van der Waals surface area contributed by atoms with Gasteiger partial charge < -0.3 is 15.4 Å². The van der Waals surface area contributed by atoms with E-state index in [9.17, 15) is 4.79 Å². The average Bonchev–Trinajstić information content (AvgIpc) is 2.38. The van der Waals surface area contributed by atoms with Crippen LogP contribution < -0.4 is 10.5 Å². The number of benzene rings is 1. The number of halogens is 1. The summed E-state index contributed by atoms with van der Waals surface area (Å²) < 4.78 is 5.22. The molecule has 1 atom stereocenters. The van der Waals surface area contributed by atoms with Gasteiger partial charge in [-0.25, -0.2) is 0 Å². The molecule has 1 aromatic carbocycles. The summed E-state index contributed by atoms with van der Waals surface area (Å²) >= 11 is 0. The van der Waals surface area contributed by atoms with Crippen LogP contribution in [0.25, 0.3) is 0 Å². The molecule has 0 aliphatic heterocycles. The van der Waals surface area contributed by atoms with E-state index in [1.807, 2.05) is 32.0 Å². The van der Waals surface area contributed by atoms with Crippen molar-refractivity contribution in [3.8, 4) is 5.75 Å². The van der Waals surface area contributed by atoms with Gasteiger partial charge in [-0.3, -0.25) is 4.79 Å². The maximum absolute atomic E-state index is 12.0. The Morgan fingerprint density at radius 1 is 1.45 bits per heavy atom. The van der Waals surface area contributed by atoms with Crippen LogP contribution in [0, 0.1) is 6.92 Å². The second-order valence-corrected chi connectivity index (χ2v) is 4.89. The number of hydrogen-bond acceptors (Lipinski definition) is 3. The van der Waals surface area contributed by atoms with E-state index in [1.54, 1.807) is 19.1 Å². The average molecular weight is 301 g/mol. The Kier molecular flexibility index (Phi) is 8.26. The standard InChI is InChI=1S/C15H24N2O2.ClH/c1-5-6-13(16)15(18)17(3)10-12-7-8-14(19-4)11(2)9-12;/h7-9,13H,5-6,10,16H2,1-4H3;1H. The summed E-state index contributed by atoms with van der Waals surface area (Å²) in [6.07, 6.45) is 1.65. The minimum atomic E-state index is -0.394. The molecule has 5 heteroatoms. The van der Waals surface area contributed by atoms with Crippen LogP contribution in [0.5, 0.6) is 5.75 Å². The van der Waals surface area contributed by atoms with Crippen LogP contribution >= 0.6 is 12.4 Å². The normalized spacial score (nSPS) is 11.4. The number of carbonyl (C=O) groups excluding carboxylic acids is 1. The summed E-state index contributed by atoms with van der Waals surface area (Å²) in [7, 11) is 3.44. The second kappa shape index (κ2) is 8.82. The highest BCUT2D eigenvalue weighted by atomic mass is 35.5. The quantitative estimate of drug-likeness (QED) is 0.878. The fraction of sp³-hybridized carbons (Fsp3) is 0.533. The van der Waals surface area contributed by atoms with Gasteiger partial charge in [0.25, 0.3) is 0 Å². The van der Waals surface area contributed by atoms with E-state index in [4.69, 9.17) is 10.5 Å². The van der Waals surface area contributed by atoms with E-state index in [0.29, 0.717) is 6.54 Å². The number of ether oxygens (including phenoxy) is 1. The number of carbonyl (C=O) groups is 1. The first-order valence-corrected chi connectivity index (χ1v) is 6.63. The molecular formula is C15H25ClN2O2. The van der Waals surface area contributed by atoms with Crippen molar-refractivity contribution in [3.05, 3.63) is 29.3 Å². The van der Waals surface area contributed by atoms with Crippen molar-refractivity contribution in [1.29, 1.82) is 0 Å². The molecule has 0 bridgehead atoms. The molecule has 1 rings (SSSR count). The molecule has 0 saturated heterocycles. The molecule has 0 heterocycles. The molecule has 0 spiro atoms. The largest absolute Gasteiger partial charge is 0.496 e. The van der Waals surface area contributed by atoms with Crippen LogP contribution in [0.4, 0.5) is 0 Å². The first-order valence-electron chi connectivity index (χ1n) is 6.63. The molecule has 0 radical (unpaired) electrons. The maximum Gasteiger partial charge on any atom is 0.239 e. The summed E-state index contributed by atoms with van der Waals surface area (Å²) in [5.41, 5.74) is 8.00. The smallest absolute Gasteiger partial charge is 0.239 e. The van der Waals surface area contributed by atoms with Gasteiger partial charge in [0.15, 0.2) is 0 Å². The van der Waals surface area contributed by atoms with Gasteiger partial charge in [-0.15, -0.1) is 12.4 Å². The van der Waals surface area contributed by atoms with E-state index in [1.165, 1.54) is 0 Å². The van der Waals surface area contributed by atoms with E-state index in [-0.39, 0.29) is 18.3 Å². The third-order valence-electron chi connectivity index (χ3n) is 3.17. The van der Waals surface area contributed by atoms with E-state index < -0.39 is 6.04 Å². The zero-order chi connectivity index (χ0) is 14.4. The summed E-state index contributed by atoms with van der Waals surface area (Å²) in [5.74, 6) is 0.857. The van der Waals surface area contributed by atoms with Crippen LogP contribution in [0.1, 0.15) is 30.9 Å². The van der Waals surface area contributed by atoms with E-state index >= 15 is 0 Å². The van der Waals surface area contributed by atoms with Gasteiger partial charge in [-0.2, -0.15) is 0 Å². The van der Waals surface area contributed by atoms with Crippen molar-refractivity contribution in [2.75, 3.05) is 14.2 Å². The Balaban J connectivity index is 0.00000361. The van der Waals surface area contributed by atoms with Crippen LogP contribution in [0.15, 0.2) is 18.2 Å². The Hall–Kier alpha value is -1.26. The van der Waals surface area contributed by atoms with Crippen LogP contribution in [0.2, 0.25) is 0 Å². The monoisotopic (exact) mass is 300 g/mol. The molecule has 1 unspecified atom stereocenters. The molecule has 0 saturated carbocycles. The molecule has 0 aromatic heterocycles. The van der Waals surface area contributed by atoms with Gasteiger partial charge in [0.05, 0.1) is 13.2 Å². The zero-order valence-corrected chi connectivity index (χ0v) is 13.5. The fourth-order valence-corrected chi connectivity index (χ4v) is 2.11. The molecule has 114 valence electrons. The predicted octanol–water partition coefficient (Wildman–Crippen LogP) is 2.51. The lowest BCUT2D eigenvalue weighted by Gasteiger charge is -2.21. The van der Waals surface area contributed by atoms with Crippen molar-refractivity contribution in [2.45, 2.75) is 39.3 Å². The maximum atomic E-state index is 12.0. The van der Waals surface area contributed by atoms with Crippen molar-refractivity contribution in [1.82, 2.24) is 4.90 Å². The molecule has 20 heavy (non-hydrogen) atoms. The molecule has 0 aliphatic carbocycles. The Morgan fingerprint density at radius 2 is 2.10 bits per heavy atom. The fourth-order valence-electron chi connectivity index (χ4n) is 2.11. The Morgan fingerprint density at radius 3 is 2.60 bits per heavy atom. The van der Waals surface area contributed by atoms with Crippen molar-refractivity contribution < 1.29 is 9.53 Å². The van der Waals surface area contributed by atoms with Crippen molar-refractivity contribution in [3.63, 3.8) is 0 Å². The Labute approximate surface area is 127 Å². The van der Waals surface area contributed by atoms with Crippen LogP contribution in [-0.4, -0.2) is 31.0 Å². The minimum Gasteiger partial charge on any atom is -0.496 e. The number of methoxy groups -OCH3 is 1. The SMILES string of the molecule is CCCC(N)C(=O)N(C)Cc1ccc(OC)c(C)c1.Cl. The minimum absolute atomic E-state index is 0. The highest BCUT2D eigenvalue weighted by Gasteiger charge is 2.17. The molecule has 2 N–H and O–H groups in total.